The minimum absolute atomic E-state index is 0.387. The van der Waals surface area contributed by atoms with E-state index < -0.39 is 0 Å². The van der Waals surface area contributed by atoms with Crippen LogP contribution in [-0.2, 0) is 11.2 Å². The molecule has 0 bridgehead atoms. The van der Waals surface area contributed by atoms with Gasteiger partial charge in [0.2, 0.25) is 0 Å². The van der Waals surface area contributed by atoms with E-state index in [2.05, 4.69) is 43.4 Å². The lowest BCUT2D eigenvalue weighted by Crippen LogP contribution is -2.44. The van der Waals surface area contributed by atoms with Crippen LogP contribution in [0.25, 0.3) is 0 Å². The Hall–Kier alpha value is -0.860. The summed E-state index contributed by atoms with van der Waals surface area (Å²) in [6.07, 6.45) is 5.19. The van der Waals surface area contributed by atoms with Gasteiger partial charge in [0, 0.05) is 12.6 Å². The monoisotopic (exact) mass is 247 g/mol. The van der Waals surface area contributed by atoms with Crippen molar-refractivity contribution >= 4 is 0 Å². The van der Waals surface area contributed by atoms with Crippen molar-refractivity contribution in [3.8, 4) is 0 Å². The van der Waals surface area contributed by atoms with Crippen LogP contribution in [0, 0.1) is 6.92 Å². The molecule has 18 heavy (non-hydrogen) atoms. The van der Waals surface area contributed by atoms with E-state index in [1.807, 2.05) is 0 Å². The van der Waals surface area contributed by atoms with Gasteiger partial charge < -0.3 is 10.1 Å². The Balaban J connectivity index is 2.03. The summed E-state index contributed by atoms with van der Waals surface area (Å²) in [6, 6.07) is 9.13. The maximum absolute atomic E-state index is 5.94. The van der Waals surface area contributed by atoms with Crippen LogP contribution in [0.5, 0.6) is 0 Å². The number of aryl methyl sites for hydroxylation is 1. The second kappa shape index (κ2) is 6.91. The van der Waals surface area contributed by atoms with Crippen molar-refractivity contribution in [2.75, 3.05) is 13.2 Å². The number of hydrogen-bond acceptors (Lipinski definition) is 2. The molecule has 0 aromatic heterocycles. The number of hydrogen-bond donors (Lipinski definition) is 1. The molecule has 2 atom stereocenters. The third-order valence-corrected chi connectivity index (χ3v) is 3.83. The number of benzene rings is 1. The van der Waals surface area contributed by atoms with Crippen LogP contribution in [-0.4, -0.2) is 25.3 Å². The van der Waals surface area contributed by atoms with Gasteiger partial charge in [-0.05, 0) is 50.3 Å². The molecule has 0 aliphatic carbocycles. The first-order valence-corrected chi connectivity index (χ1v) is 7.20. The lowest BCUT2D eigenvalue weighted by atomic mass is 9.94. The molecule has 2 rings (SSSR count). The van der Waals surface area contributed by atoms with Gasteiger partial charge in [-0.1, -0.05) is 31.2 Å². The first kappa shape index (κ1) is 13.6. The lowest BCUT2D eigenvalue weighted by molar-refractivity contribution is -0.00711. The van der Waals surface area contributed by atoms with Gasteiger partial charge >= 0.3 is 0 Å². The highest BCUT2D eigenvalue weighted by atomic mass is 16.5. The van der Waals surface area contributed by atoms with E-state index in [0.717, 1.165) is 19.6 Å². The van der Waals surface area contributed by atoms with Crippen molar-refractivity contribution in [1.82, 2.24) is 5.32 Å². The topological polar surface area (TPSA) is 21.3 Å². The van der Waals surface area contributed by atoms with Crippen molar-refractivity contribution in [3.63, 3.8) is 0 Å². The van der Waals surface area contributed by atoms with Gasteiger partial charge in [0.05, 0.1) is 6.10 Å². The summed E-state index contributed by atoms with van der Waals surface area (Å²) < 4.78 is 5.94. The van der Waals surface area contributed by atoms with Gasteiger partial charge in [-0.25, -0.2) is 0 Å². The molecule has 1 aromatic rings. The number of likely N-dealkylation sites (N-methyl/N-ethyl adjacent to an activating group) is 1. The van der Waals surface area contributed by atoms with Crippen LogP contribution in [0.4, 0.5) is 0 Å². The van der Waals surface area contributed by atoms with Gasteiger partial charge in [0.1, 0.15) is 0 Å². The zero-order chi connectivity index (χ0) is 12.8. The highest BCUT2D eigenvalue weighted by Gasteiger charge is 2.24. The second-order valence-corrected chi connectivity index (χ2v) is 5.20. The highest BCUT2D eigenvalue weighted by Crippen LogP contribution is 2.20. The Morgan fingerprint density at radius 3 is 2.83 bits per heavy atom. The summed E-state index contributed by atoms with van der Waals surface area (Å²) in [7, 11) is 0. The molecule has 2 nitrogen and oxygen atoms in total. The first-order valence-electron chi connectivity index (χ1n) is 7.20. The van der Waals surface area contributed by atoms with Crippen LogP contribution in [0.15, 0.2) is 24.3 Å². The maximum atomic E-state index is 5.94. The molecule has 1 saturated heterocycles. The van der Waals surface area contributed by atoms with E-state index in [0.29, 0.717) is 12.1 Å². The molecule has 1 aliphatic rings. The highest BCUT2D eigenvalue weighted by molar-refractivity contribution is 5.26. The first-order chi connectivity index (χ1) is 8.81. The normalized spacial score (nSPS) is 21.8. The molecule has 1 aromatic carbocycles. The van der Waals surface area contributed by atoms with E-state index in [1.54, 1.807) is 0 Å². The van der Waals surface area contributed by atoms with Gasteiger partial charge in [-0.3, -0.25) is 0 Å². The van der Waals surface area contributed by atoms with Crippen molar-refractivity contribution in [2.24, 2.45) is 0 Å². The molecule has 1 aliphatic heterocycles. The van der Waals surface area contributed by atoms with Crippen LogP contribution in [0.3, 0.4) is 0 Å². The molecule has 1 fully saturated rings. The fourth-order valence-electron chi connectivity index (χ4n) is 2.76. The molecular formula is C16H25NO. The Morgan fingerprint density at radius 2 is 2.17 bits per heavy atom. The zero-order valence-corrected chi connectivity index (χ0v) is 11.6. The van der Waals surface area contributed by atoms with Gasteiger partial charge in [0.25, 0.3) is 0 Å². The van der Waals surface area contributed by atoms with E-state index >= 15 is 0 Å². The maximum Gasteiger partial charge on any atom is 0.0731 e. The van der Waals surface area contributed by atoms with E-state index in [9.17, 15) is 0 Å². The molecule has 0 spiro atoms. The Kier molecular flexibility index (Phi) is 5.21. The predicted molar refractivity (Wildman–Crippen MR) is 75.9 cm³/mol. The molecule has 0 amide bonds. The molecule has 0 saturated carbocycles. The van der Waals surface area contributed by atoms with Crippen LogP contribution >= 0.6 is 0 Å². The second-order valence-electron chi connectivity index (χ2n) is 5.20. The van der Waals surface area contributed by atoms with Gasteiger partial charge in [-0.15, -0.1) is 0 Å². The molecule has 1 N–H and O–H groups in total. The van der Waals surface area contributed by atoms with Crippen LogP contribution in [0.2, 0.25) is 0 Å². The standard InChI is InChI=1S/C16H25NO/c1-3-17-15(16-10-6-7-11-18-16)12-14-9-5-4-8-13(14)2/h4-5,8-9,15-17H,3,6-7,10-12H2,1-2H3. The molecule has 0 radical (unpaired) electrons. The Labute approximate surface area is 111 Å². The van der Waals surface area contributed by atoms with E-state index in [1.165, 1.54) is 30.4 Å². The number of nitrogens with one attached hydrogen (secondary N) is 1. The lowest BCUT2D eigenvalue weighted by Gasteiger charge is -2.31. The molecule has 2 unspecified atom stereocenters. The SMILES string of the molecule is CCNC(Cc1ccccc1C)C1CCCCO1. The third kappa shape index (κ3) is 3.56. The summed E-state index contributed by atoms with van der Waals surface area (Å²) in [5.74, 6) is 0. The van der Waals surface area contributed by atoms with Gasteiger partial charge in [0.15, 0.2) is 0 Å². The summed E-state index contributed by atoms with van der Waals surface area (Å²) >= 11 is 0. The van der Waals surface area contributed by atoms with E-state index in [4.69, 9.17) is 4.74 Å². The Morgan fingerprint density at radius 1 is 1.33 bits per heavy atom. The molecule has 100 valence electrons. The summed E-state index contributed by atoms with van der Waals surface area (Å²) in [4.78, 5) is 0. The quantitative estimate of drug-likeness (QED) is 0.863. The van der Waals surface area contributed by atoms with Crippen molar-refractivity contribution < 1.29 is 4.74 Å². The third-order valence-electron chi connectivity index (χ3n) is 3.83. The predicted octanol–water partition coefficient (Wildman–Crippen LogP) is 3.08. The van der Waals surface area contributed by atoms with Crippen molar-refractivity contribution in [2.45, 2.75) is 51.7 Å². The minimum atomic E-state index is 0.387. The van der Waals surface area contributed by atoms with Crippen molar-refractivity contribution in [3.05, 3.63) is 35.4 Å². The Bertz CT molecular complexity index is 358. The van der Waals surface area contributed by atoms with Crippen molar-refractivity contribution in [1.29, 1.82) is 0 Å². The summed E-state index contributed by atoms with van der Waals surface area (Å²) in [6.45, 7) is 6.31. The smallest absolute Gasteiger partial charge is 0.0731 e. The minimum Gasteiger partial charge on any atom is -0.377 e. The van der Waals surface area contributed by atoms with Crippen LogP contribution in [0.1, 0.15) is 37.3 Å². The molecule has 1 heterocycles. The summed E-state index contributed by atoms with van der Waals surface area (Å²) in [5, 5.41) is 3.60. The van der Waals surface area contributed by atoms with Crippen LogP contribution < -0.4 is 5.32 Å². The average molecular weight is 247 g/mol. The summed E-state index contributed by atoms with van der Waals surface area (Å²) in [5.41, 5.74) is 2.83. The molecular weight excluding hydrogens is 222 g/mol. The average Bonchev–Trinajstić information content (AvgIpc) is 2.42. The fraction of sp³-hybridized carbons (Fsp3) is 0.625. The van der Waals surface area contributed by atoms with E-state index in [-0.39, 0.29) is 0 Å². The molecule has 2 heteroatoms. The van der Waals surface area contributed by atoms with Gasteiger partial charge in [-0.2, -0.15) is 0 Å². The zero-order valence-electron chi connectivity index (χ0n) is 11.6. The largest absolute Gasteiger partial charge is 0.377 e. The number of rotatable bonds is 5. The fourth-order valence-corrected chi connectivity index (χ4v) is 2.76. The number of ether oxygens (including phenoxy) is 1.